The Labute approximate surface area is 59.3 Å². The van der Waals surface area contributed by atoms with Crippen molar-refractivity contribution in [2.75, 3.05) is 0 Å². The van der Waals surface area contributed by atoms with E-state index in [1.165, 1.54) is 0 Å². The van der Waals surface area contributed by atoms with E-state index in [1.54, 1.807) is 0 Å². The number of halogens is 9. The van der Waals surface area contributed by atoms with E-state index in [1.807, 2.05) is 0 Å². The molecule has 0 amide bonds. The van der Waals surface area contributed by atoms with Crippen LogP contribution < -0.4 is 0 Å². The standard InChI is InChI=1S/9FH.Sb/h9*1H;/q;;;;;;;;;+3/p-3. The van der Waals surface area contributed by atoms with Gasteiger partial charge in [0.2, 0.25) is 0 Å². The van der Waals surface area contributed by atoms with Gasteiger partial charge < -0.3 is 0 Å². The van der Waals surface area contributed by atoms with Crippen molar-refractivity contribution in [2.45, 2.75) is 0 Å². The fraction of sp³-hybridized carbons (Fsp3) is 0. The summed E-state index contributed by atoms with van der Waals surface area (Å²) in [5, 5.41) is 0. The summed E-state index contributed by atoms with van der Waals surface area (Å²) in [5.74, 6) is 0. The van der Waals surface area contributed by atoms with Crippen LogP contribution in [0.25, 0.3) is 0 Å². The van der Waals surface area contributed by atoms with Crippen LogP contribution in [0.3, 0.4) is 0 Å². The Kier molecular flexibility index (Phi) is 513. The minimum absolute atomic E-state index is 0. The zero-order chi connectivity index (χ0) is 3.58. The first kappa shape index (κ1) is 84.6. The van der Waals surface area contributed by atoms with Crippen molar-refractivity contribution in [3.8, 4) is 0 Å². The van der Waals surface area contributed by atoms with Gasteiger partial charge in [-0.1, -0.05) is 0 Å². The van der Waals surface area contributed by atoms with Crippen LogP contribution >= 0.6 is 0 Å². The summed E-state index contributed by atoms with van der Waals surface area (Å²) in [6.07, 6.45) is 0. The van der Waals surface area contributed by atoms with Crippen molar-refractivity contribution in [2.24, 2.45) is 0 Å². The number of hydrogen-bond acceptors (Lipinski definition) is 0. The molecule has 0 heterocycles. The average Bonchev–Trinajstić information content (AvgIpc) is 0.811. The predicted octanol–water partition coefficient (Wildman–Crippen LogP) is 1.79. The molecule has 74 valence electrons. The minimum atomic E-state index is -4.95. The van der Waals surface area contributed by atoms with E-state index in [2.05, 4.69) is 0 Å². The quantitative estimate of drug-likeness (QED) is 0.472. The van der Waals surface area contributed by atoms with Gasteiger partial charge in [-0.2, -0.15) is 0 Å². The van der Waals surface area contributed by atoms with Crippen LogP contribution in [-0.4, -0.2) is 22.0 Å². The van der Waals surface area contributed by atoms with Crippen LogP contribution in [0.2, 0.25) is 0 Å². The molecule has 0 aliphatic carbocycles. The Morgan fingerprint density at radius 1 is 0.500 bits per heavy atom. The van der Waals surface area contributed by atoms with Crippen molar-refractivity contribution in [1.82, 2.24) is 0 Å². The van der Waals surface area contributed by atoms with Crippen LogP contribution in [0.4, 0.5) is 36.7 Å². The summed E-state index contributed by atoms with van der Waals surface area (Å²) in [6.45, 7) is 0. The van der Waals surface area contributed by atoms with Gasteiger partial charge in [0.05, 0.1) is 0 Å². The molecule has 0 N–H and O–H groups in total. The molecule has 0 nitrogen and oxygen atoms in total. The Morgan fingerprint density at radius 2 is 0.500 bits per heavy atom. The van der Waals surface area contributed by atoms with Crippen molar-refractivity contribution in [3.63, 3.8) is 0 Å². The van der Waals surface area contributed by atoms with Crippen molar-refractivity contribution < 1.29 is 36.7 Å². The third kappa shape index (κ3) is 11900. The molecular formula is H6F9Sb. The van der Waals surface area contributed by atoms with Crippen molar-refractivity contribution in [3.05, 3.63) is 0 Å². The number of hydrogen-bond donors (Lipinski definition) is 0. The van der Waals surface area contributed by atoms with E-state index in [-0.39, 0.29) is 28.2 Å². The summed E-state index contributed by atoms with van der Waals surface area (Å²) >= 11 is -4.95. The van der Waals surface area contributed by atoms with Crippen LogP contribution in [0, 0.1) is 0 Å². The maximum atomic E-state index is 9.85. The summed E-state index contributed by atoms with van der Waals surface area (Å²) in [4.78, 5) is 0. The second-order valence-corrected chi connectivity index (χ2v) is 1.29. The third-order valence-corrected chi connectivity index (χ3v) is 0. The molecule has 0 aromatic carbocycles. The van der Waals surface area contributed by atoms with Gasteiger partial charge in [0.25, 0.3) is 0 Å². The zero-order valence-electron chi connectivity index (χ0n) is 4.03. The molecule has 0 spiro atoms. The molecular weight excluding hydrogens is 293 g/mol. The molecule has 0 radical (unpaired) electrons. The molecule has 10 heteroatoms. The van der Waals surface area contributed by atoms with Crippen LogP contribution in [0.15, 0.2) is 0 Å². The van der Waals surface area contributed by atoms with Crippen molar-refractivity contribution >= 4 is 22.0 Å². The van der Waals surface area contributed by atoms with Gasteiger partial charge in [-0.3, -0.25) is 28.2 Å². The fourth-order valence-corrected chi connectivity index (χ4v) is 0. The van der Waals surface area contributed by atoms with Gasteiger partial charge in [0.1, 0.15) is 0 Å². The Bertz CT molecular complexity index is 9.44. The molecule has 0 saturated heterocycles. The van der Waals surface area contributed by atoms with Crippen LogP contribution in [0.5, 0.6) is 0 Å². The van der Waals surface area contributed by atoms with Crippen LogP contribution in [0.1, 0.15) is 0 Å². The third-order valence-electron chi connectivity index (χ3n) is 0. The first-order chi connectivity index (χ1) is 1.73. The molecule has 0 unspecified atom stereocenters. The van der Waals surface area contributed by atoms with Gasteiger partial charge in [0.15, 0.2) is 0 Å². The first-order valence-electron chi connectivity index (χ1n) is 0.507. The summed E-state index contributed by atoms with van der Waals surface area (Å²) < 4.78 is 29.6. The van der Waals surface area contributed by atoms with Gasteiger partial charge in [-0.05, 0) is 0 Å². The van der Waals surface area contributed by atoms with Gasteiger partial charge in [-0.25, -0.2) is 0 Å². The molecule has 0 bridgehead atoms. The zero-order valence-corrected chi connectivity index (χ0v) is 6.58. The molecule has 0 fully saturated rings. The summed E-state index contributed by atoms with van der Waals surface area (Å²) in [7, 11) is 0. The maximum absolute atomic E-state index is 9.85. The molecule has 0 rings (SSSR count). The van der Waals surface area contributed by atoms with E-state index in [0.29, 0.717) is 0 Å². The monoisotopic (exact) mass is 298 g/mol. The molecule has 0 aliphatic rings. The van der Waals surface area contributed by atoms with Crippen molar-refractivity contribution in [1.29, 1.82) is 0 Å². The summed E-state index contributed by atoms with van der Waals surface area (Å²) in [5.41, 5.74) is 0. The average molecular weight is 299 g/mol. The second-order valence-electron chi connectivity index (χ2n) is 0.192. The molecule has 0 aliphatic heterocycles. The first-order valence-corrected chi connectivity index (χ1v) is 3.40. The Balaban J connectivity index is -0.00000000300. The Morgan fingerprint density at radius 3 is 0.500 bits per heavy atom. The second kappa shape index (κ2) is 60.6. The summed E-state index contributed by atoms with van der Waals surface area (Å²) in [6, 6.07) is 0. The van der Waals surface area contributed by atoms with E-state index in [9.17, 15) is 8.44 Å². The molecule has 10 heavy (non-hydrogen) atoms. The molecule has 0 saturated carbocycles. The predicted molar refractivity (Wildman–Crippen MR) is 24.1 cm³/mol. The Hall–Kier alpha value is 0.188. The van der Waals surface area contributed by atoms with E-state index >= 15 is 0 Å². The molecule has 0 aromatic heterocycles. The van der Waals surface area contributed by atoms with E-state index in [4.69, 9.17) is 0 Å². The topological polar surface area (TPSA) is 0 Å². The SMILES string of the molecule is F.F.F.F.F.F.[F][Sb]([F])[F]. The van der Waals surface area contributed by atoms with E-state index < -0.39 is 22.0 Å². The van der Waals surface area contributed by atoms with Gasteiger partial charge in [-0.15, -0.1) is 0 Å². The van der Waals surface area contributed by atoms with Crippen LogP contribution in [-0.2, 0) is 0 Å². The van der Waals surface area contributed by atoms with E-state index in [0.717, 1.165) is 0 Å². The number of rotatable bonds is 0. The molecule has 0 atom stereocenters. The normalized spacial score (nSPS) is 3.60. The van der Waals surface area contributed by atoms with Gasteiger partial charge in [0, 0.05) is 0 Å². The molecule has 0 aromatic rings. The van der Waals surface area contributed by atoms with Gasteiger partial charge >= 0.3 is 30.4 Å². The fourth-order valence-electron chi connectivity index (χ4n) is 0.